The molecule has 0 atom stereocenters. The Kier molecular flexibility index (Phi) is 2.10. The molecule has 0 amide bonds. The number of carbonyl (C=O) groups excluding carboxylic acids is 1. The van der Waals surface area contributed by atoms with Gasteiger partial charge in [0.2, 0.25) is 0 Å². The summed E-state index contributed by atoms with van der Waals surface area (Å²) in [5.41, 5.74) is 3.00. The van der Waals surface area contributed by atoms with Gasteiger partial charge in [0.15, 0.2) is 12.0 Å². The summed E-state index contributed by atoms with van der Waals surface area (Å²) >= 11 is 0. The number of nitrogens with zero attached hydrogens (tertiary/aromatic N) is 2. The van der Waals surface area contributed by atoms with E-state index in [2.05, 4.69) is 15.4 Å². The zero-order chi connectivity index (χ0) is 9.97. The van der Waals surface area contributed by atoms with Gasteiger partial charge in [-0.15, -0.1) is 0 Å². The van der Waals surface area contributed by atoms with Crippen LogP contribution in [0.1, 0.15) is 16.1 Å². The third kappa shape index (κ3) is 1.42. The molecule has 4 nitrogen and oxygen atoms in total. The third-order valence-corrected chi connectivity index (χ3v) is 2.01. The fourth-order valence-corrected chi connectivity index (χ4v) is 1.25. The molecule has 2 aromatic rings. The lowest BCUT2D eigenvalue weighted by molar-refractivity contribution is 0.111. The summed E-state index contributed by atoms with van der Waals surface area (Å²) in [5.74, 6) is 0. The van der Waals surface area contributed by atoms with Gasteiger partial charge in [0.25, 0.3) is 0 Å². The van der Waals surface area contributed by atoms with Crippen molar-refractivity contribution in [2.75, 3.05) is 0 Å². The van der Waals surface area contributed by atoms with Crippen LogP contribution in [0.5, 0.6) is 0 Å². The molecule has 1 heterocycles. The number of H-pyrrole nitrogens is 1. The van der Waals surface area contributed by atoms with Gasteiger partial charge in [-0.1, -0.05) is 29.8 Å². The lowest BCUT2D eigenvalue weighted by Gasteiger charge is -1.96. The maximum absolute atomic E-state index is 10.6. The Bertz CT molecular complexity index is 445. The summed E-state index contributed by atoms with van der Waals surface area (Å²) in [7, 11) is 0. The molecule has 0 aliphatic rings. The van der Waals surface area contributed by atoms with Gasteiger partial charge >= 0.3 is 0 Å². The van der Waals surface area contributed by atoms with Crippen molar-refractivity contribution in [2.24, 2.45) is 0 Å². The minimum atomic E-state index is 0.342. The molecule has 4 heteroatoms. The Labute approximate surface area is 81.0 Å². The molecule has 0 bridgehead atoms. The molecule has 0 aliphatic carbocycles. The van der Waals surface area contributed by atoms with Crippen LogP contribution in [0.2, 0.25) is 0 Å². The Morgan fingerprint density at radius 1 is 1.21 bits per heavy atom. The summed E-state index contributed by atoms with van der Waals surface area (Å²) in [5, 5.41) is 10.1. The van der Waals surface area contributed by atoms with E-state index in [1.54, 1.807) is 0 Å². The van der Waals surface area contributed by atoms with E-state index < -0.39 is 0 Å². The van der Waals surface area contributed by atoms with Crippen LogP contribution in [-0.2, 0) is 0 Å². The fourth-order valence-electron chi connectivity index (χ4n) is 1.25. The van der Waals surface area contributed by atoms with E-state index in [-0.39, 0.29) is 0 Å². The lowest BCUT2D eigenvalue weighted by atomic mass is 10.1. The van der Waals surface area contributed by atoms with E-state index in [1.807, 2.05) is 31.2 Å². The minimum Gasteiger partial charge on any atom is -0.296 e. The molecule has 1 aromatic carbocycles. The van der Waals surface area contributed by atoms with Gasteiger partial charge in [0, 0.05) is 5.56 Å². The average Bonchev–Trinajstić information content (AvgIpc) is 2.67. The Morgan fingerprint density at radius 3 is 2.57 bits per heavy atom. The van der Waals surface area contributed by atoms with Crippen molar-refractivity contribution in [1.29, 1.82) is 0 Å². The maximum Gasteiger partial charge on any atom is 0.172 e. The van der Waals surface area contributed by atoms with Crippen LogP contribution in [0.25, 0.3) is 11.3 Å². The van der Waals surface area contributed by atoms with E-state index in [4.69, 9.17) is 0 Å². The molecule has 0 saturated carbocycles. The van der Waals surface area contributed by atoms with Crippen molar-refractivity contribution < 1.29 is 4.79 Å². The number of aromatic nitrogens is 3. The monoisotopic (exact) mass is 187 g/mol. The number of nitrogens with one attached hydrogen (secondary N) is 1. The summed E-state index contributed by atoms with van der Waals surface area (Å²) < 4.78 is 0. The molecule has 0 unspecified atom stereocenters. The molecule has 2 rings (SSSR count). The maximum atomic E-state index is 10.6. The first-order valence-electron chi connectivity index (χ1n) is 4.24. The van der Waals surface area contributed by atoms with E-state index >= 15 is 0 Å². The minimum absolute atomic E-state index is 0.342. The van der Waals surface area contributed by atoms with E-state index in [0.717, 1.165) is 5.56 Å². The number of benzene rings is 1. The molecule has 1 aromatic heterocycles. The fraction of sp³-hybridized carbons (Fsp3) is 0.100. The number of hydrogen-bond acceptors (Lipinski definition) is 3. The quantitative estimate of drug-likeness (QED) is 0.726. The zero-order valence-electron chi connectivity index (χ0n) is 7.69. The van der Waals surface area contributed by atoms with Crippen LogP contribution < -0.4 is 0 Å². The Hall–Kier alpha value is -1.97. The number of rotatable bonds is 2. The molecule has 14 heavy (non-hydrogen) atoms. The molecule has 0 saturated heterocycles. The molecule has 1 N–H and O–H groups in total. The van der Waals surface area contributed by atoms with E-state index in [1.165, 1.54) is 5.56 Å². The molecular formula is C10H9N3O. The largest absolute Gasteiger partial charge is 0.296 e. The molecule has 70 valence electrons. The van der Waals surface area contributed by atoms with Crippen molar-refractivity contribution in [1.82, 2.24) is 15.4 Å². The highest BCUT2D eigenvalue weighted by Gasteiger charge is 2.08. The van der Waals surface area contributed by atoms with Crippen molar-refractivity contribution in [2.45, 2.75) is 6.92 Å². The number of aromatic amines is 1. The van der Waals surface area contributed by atoms with Crippen LogP contribution in [-0.4, -0.2) is 21.7 Å². The molecular weight excluding hydrogens is 178 g/mol. The summed E-state index contributed by atoms with van der Waals surface area (Å²) in [6.45, 7) is 2.01. The third-order valence-electron chi connectivity index (χ3n) is 2.01. The van der Waals surface area contributed by atoms with Crippen LogP contribution in [0.15, 0.2) is 24.3 Å². The predicted molar refractivity (Wildman–Crippen MR) is 51.9 cm³/mol. The van der Waals surface area contributed by atoms with Crippen molar-refractivity contribution >= 4 is 6.29 Å². The van der Waals surface area contributed by atoms with E-state index in [9.17, 15) is 4.79 Å². The van der Waals surface area contributed by atoms with Crippen molar-refractivity contribution in [3.05, 3.63) is 35.5 Å². The van der Waals surface area contributed by atoms with Crippen LogP contribution >= 0.6 is 0 Å². The molecule has 0 aliphatic heterocycles. The zero-order valence-corrected chi connectivity index (χ0v) is 7.69. The van der Waals surface area contributed by atoms with Gasteiger partial charge in [0.05, 0.1) is 0 Å². The Morgan fingerprint density at radius 2 is 1.93 bits per heavy atom. The van der Waals surface area contributed by atoms with Gasteiger partial charge in [-0.2, -0.15) is 15.4 Å². The second-order valence-electron chi connectivity index (χ2n) is 3.04. The van der Waals surface area contributed by atoms with E-state index in [0.29, 0.717) is 17.7 Å². The summed E-state index contributed by atoms with van der Waals surface area (Å²) in [4.78, 5) is 10.6. The highest BCUT2D eigenvalue weighted by atomic mass is 16.1. The SMILES string of the molecule is Cc1ccc(-c2n[nH]nc2C=O)cc1. The second-order valence-corrected chi connectivity index (χ2v) is 3.04. The second kappa shape index (κ2) is 3.41. The number of aryl methyl sites for hydroxylation is 1. The van der Waals surface area contributed by atoms with Gasteiger partial charge in [-0.05, 0) is 6.92 Å². The highest BCUT2D eigenvalue weighted by Crippen LogP contribution is 2.18. The summed E-state index contributed by atoms with van der Waals surface area (Å²) in [6, 6.07) is 7.78. The number of aldehydes is 1. The number of carbonyl (C=O) groups is 1. The van der Waals surface area contributed by atoms with Crippen LogP contribution in [0.4, 0.5) is 0 Å². The van der Waals surface area contributed by atoms with Gasteiger partial charge < -0.3 is 0 Å². The van der Waals surface area contributed by atoms with Gasteiger partial charge in [0.1, 0.15) is 5.69 Å². The topological polar surface area (TPSA) is 58.6 Å². The van der Waals surface area contributed by atoms with Gasteiger partial charge in [-0.3, -0.25) is 4.79 Å². The number of hydrogen-bond donors (Lipinski definition) is 1. The summed E-state index contributed by atoms with van der Waals surface area (Å²) in [6.07, 6.45) is 0.693. The van der Waals surface area contributed by atoms with Gasteiger partial charge in [-0.25, -0.2) is 0 Å². The molecule has 0 spiro atoms. The average molecular weight is 187 g/mol. The first-order valence-corrected chi connectivity index (χ1v) is 4.24. The smallest absolute Gasteiger partial charge is 0.172 e. The highest BCUT2D eigenvalue weighted by molar-refractivity contribution is 5.82. The predicted octanol–water partition coefficient (Wildman–Crippen LogP) is 1.59. The normalized spacial score (nSPS) is 10.1. The van der Waals surface area contributed by atoms with Crippen LogP contribution in [0, 0.1) is 6.92 Å². The first kappa shape index (κ1) is 8.62. The standard InChI is InChI=1S/C10H9N3O/c1-7-2-4-8(5-3-7)10-9(6-14)11-13-12-10/h2-6H,1H3,(H,11,12,13). The lowest BCUT2D eigenvalue weighted by Crippen LogP contribution is -1.85. The first-order chi connectivity index (χ1) is 6.81. The molecule has 0 radical (unpaired) electrons. The van der Waals surface area contributed by atoms with Crippen molar-refractivity contribution in [3.8, 4) is 11.3 Å². The van der Waals surface area contributed by atoms with Crippen molar-refractivity contribution in [3.63, 3.8) is 0 Å². The Balaban J connectivity index is 2.49. The molecule has 0 fully saturated rings. The van der Waals surface area contributed by atoms with Crippen LogP contribution in [0.3, 0.4) is 0 Å².